The van der Waals surface area contributed by atoms with Gasteiger partial charge in [-0.3, -0.25) is 0 Å². The van der Waals surface area contributed by atoms with Crippen LogP contribution in [0.15, 0.2) is 131 Å². The molecule has 5 aromatic rings. The van der Waals surface area contributed by atoms with Gasteiger partial charge in [0.1, 0.15) is 0 Å². The molecule has 2 saturated heterocycles. The van der Waals surface area contributed by atoms with E-state index in [0.29, 0.717) is 47.3 Å². The molecule has 2 fully saturated rings. The quantitative estimate of drug-likeness (QED) is 0.153. The molecule has 4 heterocycles. The predicted octanol–water partition coefficient (Wildman–Crippen LogP) is 11.2. The van der Waals surface area contributed by atoms with Gasteiger partial charge in [-0.2, -0.15) is 0 Å². The number of ether oxygens (including phenoxy) is 2. The van der Waals surface area contributed by atoms with Gasteiger partial charge in [-0.1, -0.05) is 119 Å². The molecule has 2 heteroatoms. The summed E-state index contributed by atoms with van der Waals surface area (Å²) in [6, 6.07) is 42.6. The molecular weight excluding hydrogens is 633 g/mol. The minimum absolute atomic E-state index is 0.216. The Labute approximate surface area is 304 Å². The molecule has 0 unspecified atom stereocenters. The second kappa shape index (κ2) is 8.99. The summed E-state index contributed by atoms with van der Waals surface area (Å²) in [6.07, 6.45) is 5.57. The summed E-state index contributed by atoms with van der Waals surface area (Å²) >= 11 is 0. The van der Waals surface area contributed by atoms with Gasteiger partial charge < -0.3 is 9.47 Å². The van der Waals surface area contributed by atoms with Crippen molar-refractivity contribution >= 4 is 0 Å². The van der Waals surface area contributed by atoms with Gasteiger partial charge in [0.15, 0.2) is 0 Å². The number of rotatable bonds is 0. The first-order chi connectivity index (χ1) is 25.8. The summed E-state index contributed by atoms with van der Waals surface area (Å²) in [4.78, 5) is 0. The van der Waals surface area contributed by atoms with Gasteiger partial charge in [0, 0.05) is 23.7 Å². The zero-order chi connectivity index (χ0) is 33.1. The van der Waals surface area contributed by atoms with E-state index in [4.69, 9.17) is 9.47 Å². The molecule has 17 rings (SSSR count). The highest BCUT2D eigenvalue weighted by Gasteiger charge is 2.61. The van der Waals surface area contributed by atoms with Crippen LogP contribution in [0.3, 0.4) is 0 Å². The van der Waals surface area contributed by atoms with Crippen LogP contribution in [0.5, 0.6) is 0 Å². The minimum Gasteiger partial charge on any atom is -0.365 e. The molecule has 2 nitrogen and oxygen atoms in total. The molecular formula is C50H38O2. The zero-order valence-electron chi connectivity index (χ0n) is 29.0. The average molecular weight is 671 g/mol. The van der Waals surface area contributed by atoms with Gasteiger partial charge in [0.25, 0.3) is 0 Å². The molecule has 5 aromatic carbocycles. The average Bonchev–Trinajstić information content (AvgIpc) is 3.97. The SMILES string of the molecule is c1ccc2c(c1)C1C3=C(C[C@H]4[C@@H](C3)[C@@H]3O[C@@H]4c4cc5c(cc43)[C@@H]3O[C@@H]5[C@H]4CC5=C(C[C@H]43)C3c4ccccc4C5c4ccccc43)C2c2ccccc21. The molecule has 0 spiro atoms. The van der Waals surface area contributed by atoms with E-state index >= 15 is 0 Å². The number of fused-ring (bicyclic) bond motifs is 16. The van der Waals surface area contributed by atoms with Gasteiger partial charge >= 0.3 is 0 Å². The van der Waals surface area contributed by atoms with Crippen LogP contribution in [0.25, 0.3) is 0 Å². The second-order valence-corrected chi connectivity index (χ2v) is 17.9. The van der Waals surface area contributed by atoms with Crippen LogP contribution in [0, 0.1) is 23.7 Å². The third kappa shape index (κ3) is 2.93. The van der Waals surface area contributed by atoms with Gasteiger partial charge in [-0.25, -0.2) is 0 Å². The fourth-order valence-electron chi connectivity index (χ4n) is 14.6. The first-order valence-electron chi connectivity index (χ1n) is 20.1. The van der Waals surface area contributed by atoms with Crippen molar-refractivity contribution in [1.82, 2.24) is 0 Å². The summed E-state index contributed by atoms with van der Waals surface area (Å²) in [6.45, 7) is 0. The Hall–Kier alpha value is -4.50. The predicted molar refractivity (Wildman–Crippen MR) is 199 cm³/mol. The first-order valence-corrected chi connectivity index (χ1v) is 20.1. The summed E-state index contributed by atoms with van der Waals surface area (Å²) in [5, 5.41) is 0. The van der Waals surface area contributed by atoms with Gasteiger partial charge in [-0.05, 0) is 128 Å². The molecule has 8 bridgehead atoms. The van der Waals surface area contributed by atoms with Gasteiger partial charge in [0.2, 0.25) is 0 Å². The number of allylic oxidation sites excluding steroid dienone is 4. The minimum atomic E-state index is 0.216. The largest absolute Gasteiger partial charge is 0.365 e. The lowest BCUT2D eigenvalue weighted by Crippen LogP contribution is -2.37. The fraction of sp³-hybridized carbons (Fsp3) is 0.320. The summed E-state index contributed by atoms with van der Waals surface area (Å²) in [7, 11) is 0. The molecule has 0 saturated carbocycles. The number of hydrogen-bond donors (Lipinski definition) is 0. The fourth-order valence-corrected chi connectivity index (χ4v) is 14.6. The van der Waals surface area contributed by atoms with Crippen LogP contribution >= 0.6 is 0 Å². The molecule has 12 aliphatic rings. The maximum atomic E-state index is 7.14. The Morgan fingerprint density at radius 3 is 0.712 bits per heavy atom. The van der Waals surface area contributed by atoms with Crippen molar-refractivity contribution in [3.8, 4) is 0 Å². The third-order valence-corrected chi connectivity index (χ3v) is 16.3. The normalized spacial score (nSPS) is 37.4. The van der Waals surface area contributed by atoms with Crippen LogP contribution in [-0.4, -0.2) is 0 Å². The monoisotopic (exact) mass is 670 g/mol. The van der Waals surface area contributed by atoms with E-state index in [1.54, 1.807) is 66.8 Å². The highest BCUT2D eigenvalue weighted by Crippen LogP contribution is 2.72. The summed E-state index contributed by atoms with van der Waals surface area (Å²) in [5.74, 6) is 3.92. The molecule has 0 N–H and O–H groups in total. The highest BCUT2D eigenvalue weighted by atomic mass is 16.5. The van der Waals surface area contributed by atoms with Crippen LogP contribution < -0.4 is 0 Å². The van der Waals surface area contributed by atoms with Crippen LogP contribution in [0.1, 0.15) is 141 Å². The van der Waals surface area contributed by atoms with E-state index in [9.17, 15) is 0 Å². The molecule has 8 atom stereocenters. The Bertz CT molecular complexity index is 2150. The lowest BCUT2D eigenvalue weighted by atomic mass is 9.53. The standard InChI is InChI=1S/C50H38O2/c1-2-10-24-23(9-1)43-25-11-3-4-12-26(25)44(24)32-18-36-35(17-31(32)43)47-39-21-41-42(22-40(39)48(36)51-47)50-38-20-34-33(19-37(38)49(41)52-50)45-27-13-5-7-15-29(27)46(34)30-16-8-6-14-28(30)45/h1-16,21-22,35-38,43-50H,17-20H2/t35-,36+,37-,38+,43?,44?,45?,46?,47-,48-,49+,50+. The van der Waals surface area contributed by atoms with Crippen molar-refractivity contribution in [3.05, 3.63) is 198 Å². The smallest absolute Gasteiger partial charge is 0.0872 e. The van der Waals surface area contributed by atoms with Gasteiger partial charge in [-0.15, -0.1) is 0 Å². The van der Waals surface area contributed by atoms with Crippen molar-refractivity contribution < 1.29 is 9.47 Å². The first kappa shape index (κ1) is 27.2. The van der Waals surface area contributed by atoms with Crippen molar-refractivity contribution in [1.29, 1.82) is 0 Å². The molecule has 4 aliphatic heterocycles. The van der Waals surface area contributed by atoms with E-state index in [-0.39, 0.29) is 24.4 Å². The Morgan fingerprint density at radius 2 is 0.500 bits per heavy atom. The van der Waals surface area contributed by atoms with E-state index < -0.39 is 0 Å². The zero-order valence-corrected chi connectivity index (χ0v) is 29.0. The summed E-state index contributed by atoms with van der Waals surface area (Å²) in [5.41, 5.74) is 25.3. The molecule has 0 amide bonds. The lowest BCUT2D eigenvalue weighted by Gasteiger charge is -2.49. The van der Waals surface area contributed by atoms with E-state index in [2.05, 4.69) is 109 Å². The van der Waals surface area contributed by atoms with Crippen LogP contribution in [-0.2, 0) is 9.47 Å². The number of benzene rings is 5. The second-order valence-electron chi connectivity index (χ2n) is 17.9. The maximum absolute atomic E-state index is 7.14. The third-order valence-electron chi connectivity index (χ3n) is 16.3. The van der Waals surface area contributed by atoms with E-state index in [1.807, 2.05) is 0 Å². The maximum Gasteiger partial charge on any atom is 0.0872 e. The van der Waals surface area contributed by atoms with Gasteiger partial charge in [0.05, 0.1) is 24.4 Å². The Balaban J connectivity index is 0.798. The number of hydrogen-bond acceptors (Lipinski definition) is 2. The topological polar surface area (TPSA) is 18.5 Å². The molecule has 250 valence electrons. The van der Waals surface area contributed by atoms with Crippen LogP contribution in [0.2, 0.25) is 0 Å². The van der Waals surface area contributed by atoms with E-state index in [0.717, 1.165) is 0 Å². The highest BCUT2D eigenvalue weighted by molar-refractivity contribution is 5.68. The molecule has 52 heavy (non-hydrogen) atoms. The van der Waals surface area contributed by atoms with Crippen molar-refractivity contribution in [2.24, 2.45) is 23.7 Å². The van der Waals surface area contributed by atoms with Crippen LogP contribution in [0.4, 0.5) is 0 Å². The molecule has 8 aliphatic carbocycles. The molecule has 0 radical (unpaired) electrons. The van der Waals surface area contributed by atoms with E-state index in [1.165, 1.54) is 47.9 Å². The lowest BCUT2D eigenvalue weighted by molar-refractivity contribution is 0.0506. The van der Waals surface area contributed by atoms with Crippen molar-refractivity contribution in [3.63, 3.8) is 0 Å². The molecule has 0 aromatic heterocycles. The Kier molecular flexibility index (Phi) is 4.69. The van der Waals surface area contributed by atoms with Crippen molar-refractivity contribution in [2.75, 3.05) is 0 Å². The summed E-state index contributed by atoms with van der Waals surface area (Å²) < 4.78 is 14.3. The van der Waals surface area contributed by atoms with Crippen molar-refractivity contribution in [2.45, 2.75) is 73.8 Å². The Morgan fingerprint density at radius 1 is 0.288 bits per heavy atom.